The summed E-state index contributed by atoms with van der Waals surface area (Å²) in [7, 11) is 3.09. The second-order valence-electron chi connectivity index (χ2n) is 5.61. The molecule has 0 radical (unpaired) electrons. The summed E-state index contributed by atoms with van der Waals surface area (Å²) in [6, 6.07) is 4.38. The molecule has 1 aromatic rings. The van der Waals surface area contributed by atoms with E-state index in [2.05, 4.69) is 10.2 Å². The maximum atomic E-state index is 11.9. The molecule has 0 aliphatic carbocycles. The van der Waals surface area contributed by atoms with Crippen LogP contribution in [0.5, 0.6) is 11.5 Å². The maximum Gasteiger partial charge on any atom is 0.330 e. The number of methoxy groups -OCH3 is 1. The summed E-state index contributed by atoms with van der Waals surface area (Å²) < 4.78 is 15.5. The van der Waals surface area contributed by atoms with Crippen LogP contribution in [-0.4, -0.2) is 50.4 Å². The highest BCUT2D eigenvalue weighted by Gasteiger charge is 2.15. The fourth-order valence-corrected chi connectivity index (χ4v) is 1.92. The first-order valence-corrected chi connectivity index (χ1v) is 8.56. The van der Waals surface area contributed by atoms with E-state index in [-0.39, 0.29) is 19.0 Å². The van der Waals surface area contributed by atoms with Crippen LogP contribution >= 0.6 is 0 Å². The van der Waals surface area contributed by atoms with E-state index in [9.17, 15) is 19.7 Å². The molecule has 10 nitrogen and oxygen atoms in total. The Morgan fingerprint density at radius 2 is 1.96 bits per heavy atom. The van der Waals surface area contributed by atoms with Crippen LogP contribution in [0.1, 0.15) is 25.3 Å². The summed E-state index contributed by atoms with van der Waals surface area (Å²) >= 11 is 0. The monoisotopic (exact) mass is 396 g/mol. The molecule has 0 saturated carbocycles. The second kappa shape index (κ2) is 12.3. The number of benzene rings is 1. The van der Waals surface area contributed by atoms with Gasteiger partial charge < -0.3 is 24.4 Å². The quantitative estimate of drug-likeness (QED) is 0.140. The SMILES string of the molecule is CNC(C)C(=O)Oc1ccc(/C=C/C(=O)OCCCCO[N+](=O)[O-])cc1OC. The van der Waals surface area contributed by atoms with Crippen molar-refractivity contribution in [1.82, 2.24) is 5.32 Å². The van der Waals surface area contributed by atoms with Crippen molar-refractivity contribution in [3.05, 3.63) is 40.0 Å². The van der Waals surface area contributed by atoms with Crippen LogP contribution in [0.25, 0.3) is 6.08 Å². The Bertz CT molecular complexity index is 705. The van der Waals surface area contributed by atoms with Crippen LogP contribution in [0, 0.1) is 10.1 Å². The summed E-state index contributed by atoms with van der Waals surface area (Å²) in [6.07, 6.45) is 3.63. The molecule has 0 spiro atoms. The molecular formula is C18H24N2O8. The van der Waals surface area contributed by atoms with E-state index in [1.807, 2.05) is 0 Å². The Balaban J connectivity index is 2.53. The normalized spacial score (nSPS) is 11.7. The number of nitrogens with one attached hydrogen (secondary N) is 1. The van der Waals surface area contributed by atoms with Crippen LogP contribution in [-0.2, 0) is 19.2 Å². The van der Waals surface area contributed by atoms with Gasteiger partial charge in [0, 0.05) is 6.08 Å². The zero-order valence-corrected chi connectivity index (χ0v) is 16.0. The lowest BCUT2D eigenvalue weighted by molar-refractivity contribution is -0.757. The molecule has 0 saturated heterocycles. The molecular weight excluding hydrogens is 372 g/mol. The fraction of sp³-hybridized carbons (Fsp3) is 0.444. The predicted octanol–water partition coefficient (Wildman–Crippen LogP) is 1.75. The van der Waals surface area contributed by atoms with E-state index in [4.69, 9.17) is 14.2 Å². The number of likely N-dealkylation sites (N-methyl/N-ethyl adjacent to an activating group) is 1. The van der Waals surface area contributed by atoms with Crippen molar-refractivity contribution in [1.29, 1.82) is 0 Å². The molecule has 0 bridgehead atoms. The van der Waals surface area contributed by atoms with E-state index >= 15 is 0 Å². The molecule has 1 unspecified atom stereocenters. The van der Waals surface area contributed by atoms with Gasteiger partial charge in [-0.2, -0.15) is 0 Å². The van der Waals surface area contributed by atoms with Gasteiger partial charge >= 0.3 is 11.9 Å². The van der Waals surface area contributed by atoms with Crippen LogP contribution in [0.4, 0.5) is 0 Å². The molecule has 0 heterocycles. The van der Waals surface area contributed by atoms with Crippen molar-refractivity contribution < 1.29 is 33.7 Å². The van der Waals surface area contributed by atoms with E-state index in [1.165, 1.54) is 19.3 Å². The Morgan fingerprint density at radius 3 is 2.61 bits per heavy atom. The van der Waals surface area contributed by atoms with Crippen molar-refractivity contribution in [2.24, 2.45) is 0 Å². The van der Waals surface area contributed by atoms with Gasteiger partial charge in [-0.25, -0.2) is 9.59 Å². The fourth-order valence-electron chi connectivity index (χ4n) is 1.92. The zero-order chi connectivity index (χ0) is 20.9. The first-order chi connectivity index (χ1) is 13.4. The molecule has 10 heteroatoms. The standard InChI is InChI=1S/C18H24N2O8/c1-13(19-2)18(22)28-15-8-6-14(12-16(15)25-3)7-9-17(21)26-10-4-5-11-27-20(23)24/h6-9,12-13,19H,4-5,10-11H2,1-3H3/b9-7+. The van der Waals surface area contributed by atoms with Crippen molar-refractivity contribution in [3.63, 3.8) is 0 Å². The van der Waals surface area contributed by atoms with Gasteiger partial charge in [-0.15, -0.1) is 10.1 Å². The van der Waals surface area contributed by atoms with E-state index in [0.29, 0.717) is 24.2 Å². The number of unbranched alkanes of at least 4 members (excludes halogenated alkanes) is 1. The van der Waals surface area contributed by atoms with E-state index < -0.39 is 23.1 Å². The maximum absolute atomic E-state index is 11.9. The Labute approximate surface area is 162 Å². The number of esters is 2. The van der Waals surface area contributed by atoms with Crippen molar-refractivity contribution in [3.8, 4) is 11.5 Å². The minimum absolute atomic E-state index is 0.0375. The molecule has 1 aromatic carbocycles. The number of carbonyl (C=O) groups is 2. The minimum Gasteiger partial charge on any atom is -0.493 e. The molecule has 154 valence electrons. The third-order valence-corrected chi connectivity index (χ3v) is 3.58. The highest BCUT2D eigenvalue weighted by molar-refractivity contribution is 5.87. The zero-order valence-electron chi connectivity index (χ0n) is 16.0. The van der Waals surface area contributed by atoms with E-state index in [1.54, 1.807) is 32.2 Å². The number of rotatable bonds is 12. The Hall–Kier alpha value is -3.14. The average Bonchev–Trinajstić information content (AvgIpc) is 2.68. The van der Waals surface area contributed by atoms with Crippen LogP contribution in [0.2, 0.25) is 0 Å². The average molecular weight is 396 g/mol. The van der Waals surface area contributed by atoms with Crippen molar-refractivity contribution in [2.45, 2.75) is 25.8 Å². The molecule has 0 amide bonds. The number of ether oxygens (including phenoxy) is 3. The summed E-state index contributed by atoms with van der Waals surface area (Å²) in [5.41, 5.74) is 0.648. The topological polar surface area (TPSA) is 126 Å². The summed E-state index contributed by atoms with van der Waals surface area (Å²) in [4.78, 5) is 37.7. The molecule has 28 heavy (non-hydrogen) atoms. The lowest BCUT2D eigenvalue weighted by Gasteiger charge is -2.13. The van der Waals surface area contributed by atoms with Crippen LogP contribution < -0.4 is 14.8 Å². The number of carbonyl (C=O) groups excluding carboxylic acids is 2. The third-order valence-electron chi connectivity index (χ3n) is 3.58. The van der Waals surface area contributed by atoms with Gasteiger partial charge in [0.25, 0.3) is 5.09 Å². The van der Waals surface area contributed by atoms with Crippen molar-refractivity contribution >= 4 is 18.0 Å². The highest BCUT2D eigenvalue weighted by Crippen LogP contribution is 2.29. The largest absolute Gasteiger partial charge is 0.493 e. The highest BCUT2D eigenvalue weighted by atomic mass is 16.9. The third kappa shape index (κ3) is 8.49. The molecule has 1 atom stereocenters. The summed E-state index contributed by atoms with van der Waals surface area (Å²) in [5, 5.41) is 11.9. The first-order valence-electron chi connectivity index (χ1n) is 8.56. The van der Waals surface area contributed by atoms with Gasteiger partial charge in [0.15, 0.2) is 11.5 Å². The van der Waals surface area contributed by atoms with Gasteiger partial charge in [-0.1, -0.05) is 6.07 Å². The lowest BCUT2D eigenvalue weighted by Crippen LogP contribution is -2.34. The Morgan fingerprint density at radius 1 is 1.25 bits per heavy atom. The Kier molecular flexibility index (Phi) is 10.0. The molecule has 0 aliphatic heterocycles. The summed E-state index contributed by atoms with van der Waals surface area (Å²) in [5.74, 6) is -0.381. The molecule has 1 N–H and O–H groups in total. The number of nitrogens with zero attached hydrogens (tertiary/aromatic N) is 1. The summed E-state index contributed by atoms with van der Waals surface area (Å²) in [6.45, 7) is 1.77. The molecule has 0 aromatic heterocycles. The second-order valence-corrected chi connectivity index (χ2v) is 5.61. The van der Waals surface area contributed by atoms with Gasteiger partial charge in [0.2, 0.25) is 0 Å². The van der Waals surface area contributed by atoms with Crippen molar-refractivity contribution in [2.75, 3.05) is 27.4 Å². The van der Waals surface area contributed by atoms with Gasteiger partial charge in [-0.05, 0) is 50.6 Å². The van der Waals surface area contributed by atoms with Crippen LogP contribution in [0.15, 0.2) is 24.3 Å². The first kappa shape index (κ1) is 22.9. The smallest absolute Gasteiger partial charge is 0.330 e. The van der Waals surface area contributed by atoms with Crippen LogP contribution in [0.3, 0.4) is 0 Å². The minimum atomic E-state index is -0.865. The van der Waals surface area contributed by atoms with Gasteiger partial charge in [0.1, 0.15) is 6.04 Å². The van der Waals surface area contributed by atoms with E-state index in [0.717, 1.165) is 0 Å². The van der Waals surface area contributed by atoms with Gasteiger partial charge in [0.05, 0.1) is 20.3 Å². The molecule has 1 rings (SSSR count). The predicted molar refractivity (Wildman–Crippen MR) is 99.3 cm³/mol. The molecule has 0 aliphatic rings. The van der Waals surface area contributed by atoms with Gasteiger partial charge in [-0.3, -0.25) is 0 Å². The molecule has 0 fully saturated rings. The number of hydrogen-bond donors (Lipinski definition) is 1. The number of hydrogen-bond acceptors (Lipinski definition) is 9. The lowest BCUT2D eigenvalue weighted by atomic mass is 10.2.